The summed E-state index contributed by atoms with van der Waals surface area (Å²) in [7, 11) is -4.05. The highest BCUT2D eigenvalue weighted by molar-refractivity contribution is 7.90. The van der Waals surface area contributed by atoms with Crippen LogP contribution in [-0.4, -0.2) is 32.6 Å². The van der Waals surface area contributed by atoms with Crippen LogP contribution in [-0.2, 0) is 19.6 Å². The van der Waals surface area contributed by atoms with Gasteiger partial charge in [-0.2, -0.15) is 0 Å². The number of ether oxygens (including phenoxy) is 1. The lowest BCUT2D eigenvalue weighted by Crippen LogP contribution is -2.51. The first-order chi connectivity index (χ1) is 11.5. The Morgan fingerprint density at radius 3 is 2.00 bits per heavy atom. The maximum absolute atomic E-state index is 12.6. The number of hydrogen-bond acceptors (Lipinski definition) is 5. The van der Waals surface area contributed by atoms with E-state index < -0.39 is 28.1 Å². The molecule has 0 unspecified atom stereocenters. The predicted molar refractivity (Wildman–Crippen MR) is 94.6 cm³/mol. The van der Waals surface area contributed by atoms with Crippen molar-refractivity contribution in [2.45, 2.75) is 58.6 Å². The van der Waals surface area contributed by atoms with Gasteiger partial charge < -0.3 is 10.1 Å². The number of nitrogens with one attached hydrogen (secondary N) is 2. The smallest absolute Gasteiger partial charge is 0.408 e. The van der Waals surface area contributed by atoms with Crippen LogP contribution in [0.5, 0.6) is 0 Å². The van der Waals surface area contributed by atoms with Gasteiger partial charge in [-0.15, -0.1) is 0 Å². The van der Waals surface area contributed by atoms with Crippen LogP contribution in [0.1, 0.15) is 38.8 Å². The molecule has 1 atom stereocenters. The Kier molecular flexibility index (Phi) is 6.98. The number of carbonyl (C=O) groups excluding carboxylic acids is 2. The third-order valence-corrected chi connectivity index (χ3v) is 5.13. The summed E-state index contributed by atoms with van der Waals surface area (Å²) in [5, 5.41) is 2.41. The fourth-order valence-corrected chi connectivity index (χ4v) is 3.86. The lowest BCUT2D eigenvalue weighted by molar-refractivity contribution is -0.122. The highest BCUT2D eigenvalue weighted by Crippen LogP contribution is 2.19. The molecular weight excluding hydrogens is 344 g/mol. The van der Waals surface area contributed by atoms with Crippen LogP contribution in [0.15, 0.2) is 23.1 Å². The topological polar surface area (TPSA) is 102 Å². The molecule has 1 rings (SSSR count). The monoisotopic (exact) mass is 370 g/mol. The summed E-state index contributed by atoms with van der Waals surface area (Å²) >= 11 is 0. The maximum atomic E-state index is 12.6. The highest BCUT2D eigenvalue weighted by atomic mass is 32.2. The number of rotatable bonds is 6. The van der Waals surface area contributed by atoms with Crippen LogP contribution in [0, 0.1) is 19.8 Å². The van der Waals surface area contributed by atoms with Gasteiger partial charge in [0.1, 0.15) is 6.04 Å². The van der Waals surface area contributed by atoms with E-state index in [1.165, 1.54) is 0 Å². The zero-order valence-electron chi connectivity index (χ0n) is 15.4. The highest BCUT2D eigenvalue weighted by Gasteiger charge is 2.30. The van der Waals surface area contributed by atoms with Gasteiger partial charge in [0.25, 0.3) is 15.9 Å². The zero-order valence-corrected chi connectivity index (χ0v) is 16.2. The molecular formula is C17H26N2O5S. The van der Waals surface area contributed by atoms with Crippen LogP contribution in [0.2, 0.25) is 0 Å². The second-order valence-corrected chi connectivity index (χ2v) is 8.13. The van der Waals surface area contributed by atoms with Crippen LogP contribution in [0.25, 0.3) is 0 Å². The number of aryl methyl sites for hydroxylation is 2. The van der Waals surface area contributed by atoms with Gasteiger partial charge in [-0.05, 0) is 44.7 Å². The summed E-state index contributed by atoms with van der Waals surface area (Å²) in [6, 6.07) is 4.02. The van der Waals surface area contributed by atoms with Crippen molar-refractivity contribution in [2.24, 2.45) is 5.92 Å². The van der Waals surface area contributed by atoms with Crippen molar-refractivity contribution < 1.29 is 22.7 Å². The Labute approximate surface area is 149 Å². The lowest BCUT2D eigenvalue weighted by Gasteiger charge is -2.22. The third kappa shape index (κ3) is 5.74. The van der Waals surface area contributed by atoms with Gasteiger partial charge in [0.15, 0.2) is 0 Å². The predicted octanol–water partition coefficient (Wildman–Crippen LogP) is 2.27. The molecule has 0 bridgehead atoms. The summed E-state index contributed by atoms with van der Waals surface area (Å²) in [5.41, 5.74) is 1.07. The van der Waals surface area contributed by atoms with Gasteiger partial charge in [-0.1, -0.05) is 32.0 Å². The van der Waals surface area contributed by atoms with E-state index in [2.05, 4.69) is 10.0 Å². The molecule has 8 heteroatoms. The van der Waals surface area contributed by atoms with Crippen molar-refractivity contribution in [2.75, 3.05) is 0 Å². The molecule has 0 saturated carbocycles. The van der Waals surface area contributed by atoms with E-state index in [0.29, 0.717) is 11.1 Å². The number of amides is 2. The van der Waals surface area contributed by atoms with E-state index in [-0.39, 0.29) is 16.9 Å². The van der Waals surface area contributed by atoms with Crippen molar-refractivity contribution in [3.05, 3.63) is 29.3 Å². The second kappa shape index (κ2) is 8.33. The van der Waals surface area contributed by atoms with Crippen LogP contribution in [0.4, 0.5) is 4.79 Å². The Hall–Kier alpha value is -2.09. The Bertz CT molecular complexity index is 721. The minimum absolute atomic E-state index is 0.0654. The van der Waals surface area contributed by atoms with E-state index in [1.807, 2.05) is 0 Å². The van der Waals surface area contributed by atoms with Gasteiger partial charge in [0, 0.05) is 0 Å². The number of alkyl carbamates (subject to hydrolysis) is 1. The lowest BCUT2D eigenvalue weighted by atomic mass is 10.0. The molecule has 0 aromatic heterocycles. The molecule has 0 spiro atoms. The van der Waals surface area contributed by atoms with Crippen molar-refractivity contribution in [1.82, 2.24) is 10.0 Å². The quantitative estimate of drug-likeness (QED) is 0.800. The molecule has 2 amide bonds. The van der Waals surface area contributed by atoms with Gasteiger partial charge in [0.05, 0.1) is 11.0 Å². The van der Waals surface area contributed by atoms with Gasteiger partial charge in [0.2, 0.25) is 0 Å². The molecule has 7 nitrogen and oxygen atoms in total. The number of hydrogen-bond donors (Lipinski definition) is 2. The molecule has 0 fully saturated rings. The minimum atomic E-state index is -4.05. The molecule has 2 N–H and O–H groups in total. The molecule has 0 heterocycles. The summed E-state index contributed by atoms with van der Waals surface area (Å²) in [4.78, 5) is 24.3. The first kappa shape index (κ1) is 21.0. The largest absolute Gasteiger partial charge is 0.447 e. The number of carbonyl (C=O) groups is 2. The third-order valence-electron chi connectivity index (χ3n) is 3.48. The zero-order chi connectivity index (χ0) is 19.4. The second-order valence-electron chi connectivity index (χ2n) is 6.51. The Morgan fingerprint density at radius 2 is 1.56 bits per heavy atom. The van der Waals surface area contributed by atoms with Gasteiger partial charge in [-0.3, -0.25) is 4.79 Å². The Morgan fingerprint density at radius 1 is 1.04 bits per heavy atom. The van der Waals surface area contributed by atoms with E-state index in [9.17, 15) is 18.0 Å². The molecule has 1 aromatic rings. The minimum Gasteiger partial charge on any atom is -0.447 e. The van der Waals surface area contributed by atoms with Gasteiger partial charge >= 0.3 is 6.09 Å². The summed E-state index contributed by atoms with van der Waals surface area (Å²) in [6.07, 6.45) is -1.12. The first-order valence-electron chi connectivity index (χ1n) is 8.05. The van der Waals surface area contributed by atoms with E-state index >= 15 is 0 Å². The van der Waals surface area contributed by atoms with E-state index in [1.54, 1.807) is 59.7 Å². The van der Waals surface area contributed by atoms with Gasteiger partial charge in [-0.25, -0.2) is 17.9 Å². The van der Waals surface area contributed by atoms with Crippen molar-refractivity contribution in [3.8, 4) is 0 Å². The van der Waals surface area contributed by atoms with Crippen LogP contribution < -0.4 is 10.0 Å². The number of sulfonamides is 1. The molecule has 0 saturated heterocycles. The fraction of sp³-hybridized carbons (Fsp3) is 0.529. The maximum Gasteiger partial charge on any atom is 0.408 e. The molecule has 140 valence electrons. The average molecular weight is 370 g/mol. The SMILES string of the molecule is Cc1cccc(C)c1S(=O)(=O)NC(=O)[C@@H](NC(=O)OC(C)C)C(C)C. The molecule has 0 aliphatic carbocycles. The average Bonchev–Trinajstić information content (AvgIpc) is 2.42. The van der Waals surface area contributed by atoms with Crippen molar-refractivity contribution in [3.63, 3.8) is 0 Å². The normalized spacial score (nSPS) is 12.8. The molecule has 0 aliphatic heterocycles. The standard InChI is InChI=1S/C17H26N2O5S/c1-10(2)14(18-17(21)24-11(3)4)16(20)19-25(22,23)15-12(5)8-7-9-13(15)6/h7-11,14H,1-6H3,(H,18,21)(H,19,20)/t14-/m0/s1. The summed E-state index contributed by atoms with van der Waals surface area (Å²) < 4.78 is 32.2. The van der Waals surface area contributed by atoms with Crippen LogP contribution >= 0.6 is 0 Å². The summed E-state index contributed by atoms with van der Waals surface area (Å²) in [6.45, 7) is 10.1. The van der Waals surface area contributed by atoms with E-state index in [0.717, 1.165) is 0 Å². The summed E-state index contributed by atoms with van der Waals surface area (Å²) in [5.74, 6) is -1.13. The first-order valence-corrected chi connectivity index (χ1v) is 9.54. The van der Waals surface area contributed by atoms with Crippen molar-refractivity contribution >= 4 is 22.0 Å². The molecule has 25 heavy (non-hydrogen) atoms. The van der Waals surface area contributed by atoms with Crippen molar-refractivity contribution in [1.29, 1.82) is 0 Å². The van der Waals surface area contributed by atoms with Crippen LogP contribution in [0.3, 0.4) is 0 Å². The Balaban J connectivity index is 3.02. The number of benzene rings is 1. The fourth-order valence-electron chi connectivity index (χ4n) is 2.38. The molecule has 1 aromatic carbocycles. The van der Waals surface area contributed by atoms with E-state index in [4.69, 9.17) is 4.74 Å². The molecule has 0 radical (unpaired) electrons. The molecule has 0 aliphatic rings.